The second-order valence-corrected chi connectivity index (χ2v) is 5.02. The van der Waals surface area contributed by atoms with E-state index < -0.39 is 10.8 Å². The van der Waals surface area contributed by atoms with Gasteiger partial charge in [-0.05, 0) is 30.3 Å². The van der Waals surface area contributed by atoms with E-state index in [4.69, 9.17) is 28.9 Å². The third kappa shape index (κ3) is 3.62. The number of nitrogen functional groups attached to an aromatic ring is 1. The SMILES string of the molecule is Nc1ccc([N+](=O)[O-])c(C(=O)Nc2cc(Cl)cc(Cl)c2)c1. The molecule has 0 heterocycles. The van der Waals surface area contributed by atoms with Crippen LogP contribution in [0.2, 0.25) is 10.0 Å². The van der Waals surface area contributed by atoms with Crippen molar-refractivity contribution >= 4 is 46.2 Å². The third-order valence-corrected chi connectivity index (χ3v) is 3.02. The van der Waals surface area contributed by atoms with Gasteiger partial charge in [0.05, 0.1) is 4.92 Å². The number of halogens is 2. The van der Waals surface area contributed by atoms with Crippen LogP contribution in [0.25, 0.3) is 0 Å². The van der Waals surface area contributed by atoms with Gasteiger partial charge >= 0.3 is 0 Å². The Balaban J connectivity index is 2.36. The van der Waals surface area contributed by atoms with Crippen molar-refractivity contribution in [2.75, 3.05) is 11.1 Å². The fourth-order valence-corrected chi connectivity index (χ4v) is 2.25. The molecule has 1 amide bonds. The summed E-state index contributed by atoms with van der Waals surface area (Å²) < 4.78 is 0. The first kappa shape index (κ1) is 15.1. The molecule has 0 bridgehead atoms. The summed E-state index contributed by atoms with van der Waals surface area (Å²) >= 11 is 11.6. The Morgan fingerprint density at radius 3 is 2.33 bits per heavy atom. The highest BCUT2D eigenvalue weighted by Crippen LogP contribution is 2.25. The summed E-state index contributed by atoms with van der Waals surface area (Å²) in [6.07, 6.45) is 0. The van der Waals surface area contributed by atoms with E-state index in [2.05, 4.69) is 5.32 Å². The first-order chi connectivity index (χ1) is 9.86. The molecule has 2 aromatic rings. The largest absolute Gasteiger partial charge is 0.399 e. The van der Waals surface area contributed by atoms with Gasteiger partial charge in [0.2, 0.25) is 0 Å². The number of anilines is 2. The fraction of sp³-hybridized carbons (Fsp3) is 0. The van der Waals surface area contributed by atoms with Crippen molar-refractivity contribution in [2.24, 2.45) is 0 Å². The van der Waals surface area contributed by atoms with E-state index in [1.54, 1.807) is 0 Å². The summed E-state index contributed by atoms with van der Waals surface area (Å²) in [4.78, 5) is 22.4. The molecule has 0 atom stereocenters. The van der Waals surface area contributed by atoms with Crippen LogP contribution in [0.3, 0.4) is 0 Å². The van der Waals surface area contributed by atoms with E-state index in [0.29, 0.717) is 15.7 Å². The highest BCUT2D eigenvalue weighted by Gasteiger charge is 2.20. The maximum atomic E-state index is 12.2. The van der Waals surface area contributed by atoms with Gasteiger partial charge in [0.25, 0.3) is 11.6 Å². The Hall–Kier alpha value is -2.31. The predicted octanol–water partition coefficient (Wildman–Crippen LogP) is 3.74. The summed E-state index contributed by atoms with van der Waals surface area (Å²) in [6.45, 7) is 0. The first-order valence-electron chi connectivity index (χ1n) is 5.68. The number of amides is 1. The summed E-state index contributed by atoms with van der Waals surface area (Å²) in [6, 6.07) is 8.22. The molecule has 0 radical (unpaired) electrons. The summed E-state index contributed by atoms with van der Waals surface area (Å²) in [7, 11) is 0. The second-order valence-electron chi connectivity index (χ2n) is 4.15. The zero-order valence-electron chi connectivity index (χ0n) is 10.5. The van der Waals surface area contributed by atoms with Crippen LogP contribution in [0, 0.1) is 10.1 Å². The summed E-state index contributed by atoms with van der Waals surface area (Å²) in [5.74, 6) is -0.674. The van der Waals surface area contributed by atoms with Crippen molar-refractivity contribution < 1.29 is 9.72 Å². The molecule has 2 rings (SSSR count). The molecule has 0 aliphatic rings. The number of benzene rings is 2. The van der Waals surface area contributed by atoms with Crippen LogP contribution in [-0.4, -0.2) is 10.8 Å². The lowest BCUT2D eigenvalue weighted by Gasteiger charge is -2.07. The Morgan fingerprint density at radius 1 is 1.14 bits per heavy atom. The number of carbonyl (C=O) groups excluding carboxylic acids is 1. The quantitative estimate of drug-likeness (QED) is 0.510. The molecular formula is C13H9Cl2N3O3. The smallest absolute Gasteiger partial charge is 0.282 e. The predicted molar refractivity (Wildman–Crippen MR) is 81.9 cm³/mol. The van der Waals surface area contributed by atoms with E-state index in [9.17, 15) is 14.9 Å². The zero-order valence-corrected chi connectivity index (χ0v) is 12.0. The van der Waals surface area contributed by atoms with Gasteiger partial charge in [-0.2, -0.15) is 0 Å². The number of nitro groups is 1. The van der Waals surface area contributed by atoms with Gasteiger partial charge in [0.15, 0.2) is 0 Å². The number of nitrogens with zero attached hydrogens (tertiary/aromatic N) is 1. The minimum atomic E-state index is -0.674. The molecule has 0 aromatic heterocycles. The minimum absolute atomic E-state index is 0.143. The van der Waals surface area contributed by atoms with Gasteiger partial charge in [0.1, 0.15) is 5.56 Å². The van der Waals surface area contributed by atoms with E-state index in [1.165, 1.54) is 36.4 Å². The molecule has 2 aromatic carbocycles. The molecule has 8 heteroatoms. The normalized spacial score (nSPS) is 10.2. The average molecular weight is 326 g/mol. The van der Waals surface area contributed by atoms with Crippen LogP contribution in [-0.2, 0) is 0 Å². The third-order valence-electron chi connectivity index (χ3n) is 2.58. The molecule has 0 saturated carbocycles. The Labute approximate surface area is 129 Å². The number of hydrogen-bond donors (Lipinski definition) is 2. The van der Waals surface area contributed by atoms with Crippen LogP contribution in [0.4, 0.5) is 17.1 Å². The van der Waals surface area contributed by atoms with Crippen LogP contribution in [0.15, 0.2) is 36.4 Å². The molecule has 21 heavy (non-hydrogen) atoms. The van der Waals surface area contributed by atoms with Crippen LogP contribution in [0.1, 0.15) is 10.4 Å². The van der Waals surface area contributed by atoms with E-state index in [-0.39, 0.29) is 16.9 Å². The minimum Gasteiger partial charge on any atom is -0.399 e. The fourth-order valence-electron chi connectivity index (χ4n) is 1.72. The summed E-state index contributed by atoms with van der Waals surface area (Å²) in [5, 5.41) is 14.1. The molecule has 0 fully saturated rings. The highest BCUT2D eigenvalue weighted by atomic mass is 35.5. The van der Waals surface area contributed by atoms with E-state index >= 15 is 0 Å². The topological polar surface area (TPSA) is 98.3 Å². The maximum Gasteiger partial charge on any atom is 0.282 e. The van der Waals surface area contributed by atoms with Crippen molar-refractivity contribution in [1.82, 2.24) is 0 Å². The maximum absolute atomic E-state index is 12.2. The lowest BCUT2D eigenvalue weighted by Crippen LogP contribution is -2.14. The number of carbonyl (C=O) groups is 1. The number of nitro benzene ring substituents is 1. The molecule has 108 valence electrons. The molecule has 3 N–H and O–H groups in total. The van der Waals surface area contributed by atoms with Crippen LogP contribution < -0.4 is 11.1 Å². The van der Waals surface area contributed by atoms with Gasteiger partial charge in [-0.3, -0.25) is 14.9 Å². The number of hydrogen-bond acceptors (Lipinski definition) is 4. The van der Waals surface area contributed by atoms with Gasteiger partial charge in [-0.15, -0.1) is 0 Å². The van der Waals surface area contributed by atoms with Gasteiger partial charge in [0, 0.05) is 27.5 Å². The zero-order chi connectivity index (χ0) is 15.6. The molecule has 0 aliphatic heterocycles. The molecule has 6 nitrogen and oxygen atoms in total. The second kappa shape index (κ2) is 5.99. The van der Waals surface area contributed by atoms with Gasteiger partial charge in [-0.25, -0.2) is 0 Å². The lowest BCUT2D eigenvalue weighted by atomic mass is 10.1. The summed E-state index contributed by atoms with van der Waals surface area (Å²) in [5.41, 5.74) is 5.65. The van der Waals surface area contributed by atoms with E-state index in [0.717, 1.165) is 0 Å². The van der Waals surface area contributed by atoms with Gasteiger partial charge in [-0.1, -0.05) is 23.2 Å². The molecule has 0 unspecified atom stereocenters. The Kier molecular flexibility index (Phi) is 4.30. The highest BCUT2D eigenvalue weighted by molar-refractivity contribution is 6.35. The van der Waals surface area contributed by atoms with E-state index in [1.807, 2.05) is 0 Å². The number of rotatable bonds is 3. The molecule has 0 aliphatic carbocycles. The number of nitrogens with one attached hydrogen (secondary N) is 1. The van der Waals surface area contributed by atoms with Crippen molar-refractivity contribution in [3.8, 4) is 0 Å². The van der Waals surface area contributed by atoms with Crippen LogP contribution in [0.5, 0.6) is 0 Å². The van der Waals surface area contributed by atoms with Crippen molar-refractivity contribution in [2.45, 2.75) is 0 Å². The van der Waals surface area contributed by atoms with Crippen molar-refractivity contribution in [3.63, 3.8) is 0 Å². The Morgan fingerprint density at radius 2 is 1.76 bits per heavy atom. The monoisotopic (exact) mass is 325 g/mol. The Bertz CT molecular complexity index is 714. The van der Waals surface area contributed by atoms with Crippen LogP contribution >= 0.6 is 23.2 Å². The van der Waals surface area contributed by atoms with Gasteiger partial charge < -0.3 is 11.1 Å². The number of nitrogens with two attached hydrogens (primary N) is 1. The first-order valence-corrected chi connectivity index (χ1v) is 6.44. The molecular weight excluding hydrogens is 317 g/mol. The average Bonchev–Trinajstić information content (AvgIpc) is 2.36. The molecule has 0 saturated heterocycles. The van der Waals surface area contributed by atoms with Crippen molar-refractivity contribution in [1.29, 1.82) is 0 Å². The molecule has 0 spiro atoms. The lowest BCUT2D eigenvalue weighted by molar-refractivity contribution is -0.385. The standard InChI is InChI=1S/C13H9Cl2N3O3/c14-7-3-8(15)5-10(4-7)17-13(19)11-6-9(16)1-2-12(11)18(20)21/h1-6H,16H2,(H,17,19). The van der Waals surface area contributed by atoms with Crippen molar-refractivity contribution in [3.05, 3.63) is 62.1 Å².